The third kappa shape index (κ3) is 4.58. The summed E-state index contributed by atoms with van der Waals surface area (Å²) in [5.74, 6) is -3.58. The average molecular weight is 413 g/mol. The van der Waals surface area contributed by atoms with Gasteiger partial charge in [-0.2, -0.15) is 0 Å². The molecule has 0 radical (unpaired) electrons. The van der Waals surface area contributed by atoms with E-state index in [2.05, 4.69) is 4.98 Å². The van der Waals surface area contributed by atoms with E-state index in [1.807, 2.05) is 0 Å². The minimum absolute atomic E-state index is 0.125. The molecule has 0 fully saturated rings. The van der Waals surface area contributed by atoms with Crippen LogP contribution in [0.5, 0.6) is 5.75 Å². The van der Waals surface area contributed by atoms with Crippen molar-refractivity contribution in [3.05, 3.63) is 80.0 Å². The third-order valence-corrected chi connectivity index (χ3v) is 4.77. The SMILES string of the molecule is NC(=O)c1nc(Cc2cc(Cl)ccc2OCc2cc(F)c(F)cc2F)cs1. The molecule has 3 aromatic rings. The van der Waals surface area contributed by atoms with E-state index in [1.165, 1.54) is 0 Å². The zero-order valence-corrected chi connectivity index (χ0v) is 15.2. The maximum absolute atomic E-state index is 13.8. The molecule has 0 spiro atoms. The second kappa shape index (κ2) is 7.98. The summed E-state index contributed by atoms with van der Waals surface area (Å²) in [6, 6.07) is 6.02. The van der Waals surface area contributed by atoms with Gasteiger partial charge in [-0.25, -0.2) is 18.2 Å². The molecule has 0 atom stereocenters. The van der Waals surface area contributed by atoms with Gasteiger partial charge < -0.3 is 10.5 Å². The van der Waals surface area contributed by atoms with E-state index in [9.17, 15) is 18.0 Å². The van der Waals surface area contributed by atoms with E-state index in [0.29, 0.717) is 34.5 Å². The summed E-state index contributed by atoms with van der Waals surface area (Å²) in [5.41, 5.74) is 6.28. The van der Waals surface area contributed by atoms with Gasteiger partial charge in [0.1, 0.15) is 18.2 Å². The van der Waals surface area contributed by atoms with Gasteiger partial charge >= 0.3 is 0 Å². The van der Waals surface area contributed by atoms with Gasteiger partial charge in [0.2, 0.25) is 0 Å². The third-order valence-electron chi connectivity index (χ3n) is 3.63. The summed E-state index contributed by atoms with van der Waals surface area (Å²) in [4.78, 5) is 15.3. The zero-order valence-electron chi connectivity index (χ0n) is 13.6. The second-order valence-electron chi connectivity index (χ2n) is 5.58. The number of primary amides is 1. The highest BCUT2D eigenvalue weighted by Gasteiger charge is 2.14. The Morgan fingerprint density at radius 1 is 1.11 bits per heavy atom. The fraction of sp³-hybridized carbons (Fsp3) is 0.111. The Hall–Kier alpha value is -2.58. The van der Waals surface area contributed by atoms with Crippen LogP contribution in [0, 0.1) is 17.5 Å². The molecule has 0 aliphatic carbocycles. The number of thiazole rings is 1. The van der Waals surface area contributed by atoms with E-state index >= 15 is 0 Å². The average Bonchev–Trinajstić information content (AvgIpc) is 3.07. The van der Waals surface area contributed by atoms with Crippen molar-refractivity contribution < 1.29 is 22.7 Å². The number of rotatable bonds is 6. The summed E-state index contributed by atoms with van der Waals surface area (Å²) < 4.78 is 45.7. The maximum atomic E-state index is 13.8. The van der Waals surface area contributed by atoms with E-state index in [1.54, 1.807) is 23.6 Å². The first kappa shape index (κ1) is 19.2. The molecule has 2 N–H and O–H groups in total. The molecule has 2 aromatic carbocycles. The highest BCUT2D eigenvalue weighted by atomic mass is 35.5. The van der Waals surface area contributed by atoms with Gasteiger partial charge in [0.15, 0.2) is 16.6 Å². The quantitative estimate of drug-likeness (QED) is 0.607. The number of carbonyl (C=O) groups is 1. The normalized spacial score (nSPS) is 10.8. The van der Waals surface area contributed by atoms with Crippen LogP contribution in [0.3, 0.4) is 0 Å². The van der Waals surface area contributed by atoms with Crippen molar-refractivity contribution in [2.75, 3.05) is 0 Å². The van der Waals surface area contributed by atoms with Gasteiger partial charge in [-0.1, -0.05) is 11.6 Å². The lowest BCUT2D eigenvalue weighted by Gasteiger charge is -2.12. The van der Waals surface area contributed by atoms with Gasteiger partial charge in [0.05, 0.1) is 5.69 Å². The van der Waals surface area contributed by atoms with Crippen molar-refractivity contribution in [2.24, 2.45) is 5.73 Å². The van der Waals surface area contributed by atoms with Crippen molar-refractivity contribution in [1.82, 2.24) is 4.98 Å². The molecule has 27 heavy (non-hydrogen) atoms. The Labute approximate surface area is 161 Å². The van der Waals surface area contributed by atoms with Crippen LogP contribution in [0.2, 0.25) is 5.02 Å². The predicted octanol–water partition coefficient (Wildman–Crippen LogP) is 4.48. The Bertz CT molecular complexity index is 1010. The van der Waals surface area contributed by atoms with Crippen molar-refractivity contribution in [2.45, 2.75) is 13.0 Å². The van der Waals surface area contributed by atoms with Crippen LogP contribution in [0.1, 0.15) is 26.6 Å². The number of ether oxygens (including phenoxy) is 1. The number of halogens is 4. The number of aromatic nitrogens is 1. The van der Waals surface area contributed by atoms with Gasteiger partial charge in [-0.15, -0.1) is 11.3 Å². The smallest absolute Gasteiger partial charge is 0.277 e. The van der Waals surface area contributed by atoms with Crippen molar-refractivity contribution in [1.29, 1.82) is 0 Å². The highest BCUT2D eigenvalue weighted by Crippen LogP contribution is 2.27. The first-order valence-electron chi connectivity index (χ1n) is 7.62. The molecule has 0 saturated heterocycles. The molecule has 0 bridgehead atoms. The highest BCUT2D eigenvalue weighted by molar-refractivity contribution is 7.11. The molecule has 1 aromatic heterocycles. The summed E-state index contributed by atoms with van der Waals surface area (Å²) in [6.07, 6.45) is 0.292. The lowest BCUT2D eigenvalue weighted by atomic mass is 10.1. The Morgan fingerprint density at radius 3 is 2.56 bits per heavy atom. The maximum Gasteiger partial charge on any atom is 0.277 e. The molecular formula is C18H12ClF3N2O2S. The van der Waals surface area contributed by atoms with Gasteiger partial charge in [0.25, 0.3) is 5.91 Å². The topological polar surface area (TPSA) is 65.2 Å². The molecule has 9 heteroatoms. The fourth-order valence-electron chi connectivity index (χ4n) is 2.35. The fourth-order valence-corrected chi connectivity index (χ4v) is 3.22. The van der Waals surface area contributed by atoms with Crippen molar-refractivity contribution >= 4 is 28.8 Å². The minimum atomic E-state index is -1.27. The molecule has 0 unspecified atom stereocenters. The molecular weight excluding hydrogens is 401 g/mol. The molecule has 3 rings (SSSR count). The van der Waals surface area contributed by atoms with Gasteiger partial charge in [-0.05, 0) is 24.3 Å². The lowest BCUT2D eigenvalue weighted by molar-refractivity contribution is 0.0999. The number of hydrogen-bond acceptors (Lipinski definition) is 4. The number of amides is 1. The Kier molecular flexibility index (Phi) is 5.67. The van der Waals surface area contributed by atoms with E-state index in [0.717, 1.165) is 17.4 Å². The van der Waals surface area contributed by atoms with Crippen LogP contribution >= 0.6 is 22.9 Å². The van der Waals surface area contributed by atoms with Crippen LogP contribution in [0.25, 0.3) is 0 Å². The molecule has 1 amide bonds. The first-order chi connectivity index (χ1) is 12.8. The van der Waals surface area contributed by atoms with E-state index in [4.69, 9.17) is 22.1 Å². The zero-order chi connectivity index (χ0) is 19.6. The molecule has 0 saturated carbocycles. The van der Waals surface area contributed by atoms with Crippen LogP contribution in [-0.2, 0) is 13.0 Å². The standard InChI is InChI=1S/C18H12ClF3N2O2S/c19-11-1-2-16(26-7-10-5-14(21)15(22)6-13(10)20)9(3-11)4-12-8-27-18(24-12)17(23)25/h1-3,5-6,8H,4,7H2,(H2,23,25). The number of nitrogens with two attached hydrogens (primary N) is 1. The summed E-state index contributed by atoms with van der Waals surface area (Å²) in [6.45, 7) is -0.304. The molecule has 140 valence electrons. The largest absolute Gasteiger partial charge is 0.488 e. The van der Waals surface area contributed by atoms with Crippen LogP contribution < -0.4 is 10.5 Å². The minimum Gasteiger partial charge on any atom is -0.488 e. The number of hydrogen-bond donors (Lipinski definition) is 1. The monoisotopic (exact) mass is 412 g/mol. The van der Waals surface area contributed by atoms with Crippen LogP contribution in [-0.4, -0.2) is 10.9 Å². The van der Waals surface area contributed by atoms with Crippen molar-refractivity contribution in [3.63, 3.8) is 0 Å². The van der Waals surface area contributed by atoms with E-state index < -0.39 is 23.4 Å². The Balaban J connectivity index is 1.81. The molecule has 1 heterocycles. The predicted molar refractivity (Wildman–Crippen MR) is 95.5 cm³/mol. The van der Waals surface area contributed by atoms with Gasteiger partial charge in [-0.3, -0.25) is 4.79 Å². The lowest BCUT2D eigenvalue weighted by Crippen LogP contribution is -2.10. The Morgan fingerprint density at radius 2 is 1.85 bits per heavy atom. The van der Waals surface area contributed by atoms with Gasteiger partial charge in [0, 0.05) is 34.0 Å². The summed E-state index contributed by atoms with van der Waals surface area (Å²) in [5, 5.41) is 2.31. The molecule has 0 aliphatic rings. The summed E-state index contributed by atoms with van der Waals surface area (Å²) >= 11 is 7.14. The van der Waals surface area contributed by atoms with Crippen LogP contribution in [0.15, 0.2) is 35.7 Å². The molecule has 0 aliphatic heterocycles. The first-order valence-corrected chi connectivity index (χ1v) is 8.88. The summed E-state index contributed by atoms with van der Waals surface area (Å²) in [7, 11) is 0. The number of benzene rings is 2. The van der Waals surface area contributed by atoms with Crippen LogP contribution in [0.4, 0.5) is 13.2 Å². The second-order valence-corrected chi connectivity index (χ2v) is 6.88. The number of nitrogens with zero attached hydrogens (tertiary/aromatic N) is 1. The number of carbonyl (C=O) groups excluding carboxylic acids is 1. The van der Waals surface area contributed by atoms with Crippen molar-refractivity contribution in [3.8, 4) is 5.75 Å². The van der Waals surface area contributed by atoms with E-state index in [-0.39, 0.29) is 17.2 Å². The molecule has 4 nitrogen and oxygen atoms in total.